The number of nitrogens with zero attached hydrogens (tertiary/aromatic N) is 1. The van der Waals surface area contributed by atoms with Crippen LogP contribution in [-0.4, -0.2) is 59.7 Å². The highest BCUT2D eigenvalue weighted by molar-refractivity contribution is 5.28. The van der Waals surface area contributed by atoms with Crippen molar-refractivity contribution < 1.29 is 20.1 Å². The molecule has 0 fully saturated rings. The fourth-order valence-corrected chi connectivity index (χ4v) is 1.93. The van der Waals surface area contributed by atoms with Crippen LogP contribution in [0.1, 0.15) is 25.0 Å². The number of aliphatic hydroxyl groups excluding tert-OH is 3. The molecule has 5 heteroatoms. The molecule has 0 aliphatic heterocycles. The molecule has 0 spiro atoms. The van der Waals surface area contributed by atoms with Crippen molar-refractivity contribution in [1.29, 1.82) is 0 Å². The lowest BCUT2D eigenvalue weighted by Gasteiger charge is -2.23. The van der Waals surface area contributed by atoms with Crippen LogP contribution in [0.15, 0.2) is 24.3 Å². The van der Waals surface area contributed by atoms with Gasteiger partial charge in [-0.2, -0.15) is 0 Å². The summed E-state index contributed by atoms with van der Waals surface area (Å²) in [6, 6.07) is 7.37. The normalized spacial score (nSPS) is 12.7. The summed E-state index contributed by atoms with van der Waals surface area (Å²) in [5.74, 6) is 0.797. The van der Waals surface area contributed by atoms with Crippen LogP contribution >= 0.6 is 0 Å². The molecule has 0 aliphatic carbocycles. The number of ether oxygens (including phenoxy) is 1. The van der Waals surface area contributed by atoms with Gasteiger partial charge in [-0.1, -0.05) is 19.1 Å². The lowest BCUT2D eigenvalue weighted by atomic mass is 10.1. The molecule has 1 aromatic rings. The van der Waals surface area contributed by atoms with Crippen molar-refractivity contribution in [2.45, 2.75) is 19.4 Å². The zero-order chi connectivity index (χ0) is 14.8. The van der Waals surface area contributed by atoms with Gasteiger partial charge in [-0.05, 0) is 24.1 Å². The standard InChI is InChI=1S/C15H25NO4/c1-2-11-20-14-5-3-13(4-6-14)15(19)12-16(7-9-17)8-10-18/h3-6,15,17-19H,2,7-12H2,1H3. The third-order valence-corrected chi connectivity index (χ3v) is 3.00. The van der Waals surface area contributed by atoms with Crippen molar-refractivity contribution in [2.24, 2.45) is 0 Å². The lowest BCUT2D eigenvalue weighted by molar-refractivity contribution is 0.0874. The highest BCUT2D eigenvalue weighted by Gasteiger charge is 2.13. The van der Waals surface area contributed by atoms with Crippen LogP contribution in [0.5, 0.6) is 5.75 Å². The summed E-state index contributed by atoms with van der Waals surface area (Å²) in [5, 5.41) is 28.1. The molecule has 0 amide bonds. The van der Waals surface area contributed by atoms with E-state index in [0.29, 0.717) is 26.2 Å². The maximum Gasteiger partial charge on any atom is 0.119 e. The van der Waals surface area contributed by atoms with Gasteiger partial charge >= 0.3 is 0 Å². The average molecular weight is 283 g/mol. The van der Waals surface area contributed by atoms with Crippen LogP contribution in [0, 0.1) is 0 Å². The summed E-state index contributed by atoms with van der Waals surface area (Å²) in [4.78, 5) is 1.83. The summed E-state index contributed by atoms with van der Waals surface area (Å²) in [7, 11) is 0. The Morgan fingerprint density at radius 2 is 1.70 bits per heavy atom. The van der Waals surface area contributed by atoms with Crippen molar-refractivity contribution in [1.82, 2.24) is 4.90 Å². The molecule has 1 aromatic carbocycles. The van der Waals surface area contributed by atoms with Crippen molar-refractivity contribution in [3.8, 4) is 5.75 Å². The average Bonchev–Trinajstić information content (AvgIpc) is 2.46. The lowest BCUT2D eigenvalue weighted by Crippen LogP contribution is -2.33. The van der Waals surface area contributed by atoms with Gasteiger partial charge in [0.15, 0.2) is 0 Å². The quantitative estimate of drug-likeness (QED) is 0.592. The first-order valence-corrected chi connectivity index (χ1v) is 7.06. The van der Waals surface area contributed by atoms with E-state index in [1.807, 2.05) is 29.2 Å². The van der Waals surface area contributed by atoms with Gasteiger partial charge in [0.2, 0.25) is 0 Å². The Balaban J connectivity index is 2.54. The topological polar surface area (TPSA) is 73.2 Å². The van der Waals surface area contributed by atoms with Crippen molar-refractivity contribution in [3.05, 3.63) is 29.8 Å². The van der Waals surface area contributed by atoms with E-state index in [9.17, 15) is 5.11 Å². The Bertz CT molecular complexity index is 349. The van der Waals surface area contributed by atoms with E-state index in [-0.39, 0.29) is 13.2 Å². The molecule has 0 saturated carbocycles. The maximum absolute atomic E-state index is 10.2. The maximum atomic E-state index is 10.2. The van der Waals surface area contributed by atoms with E-state index in [0.717, 1.165) is 17.7 Å². The van der Waals surface area contributed by atoms with Gasteiger partial charge in [0.1, 0.15) is 5.75 Å². The second kappa shape index (κ2) is 9.72. The van der Waals surface area contributed by atoms with Gasteiger partial charge in [0.25, 0.3) is 0 Å². The molecule has 20 heavy (non-hydrogen) atoms. The molecule has 5 nitrogen and oxygen atoms in total. The highest BCUT2D eigenvalue weighted by Crippen LogP contribution is 2.18. The van der Waals surface area contributed by atoms with Gasteiger partial charge in [0, 0.05) is 19.6 Å². The smallest absolute Gasteiger partial charge is 0.119 e. The molecule has 0 bridgehead atoms. The molecule has 1 atom stereocenters. The Labute approximate surface area is 120 Å². The third kappa shape index (κ3) is 5.88. The van der Waals surface area contributed by atoms with E-state index in [4.69, 9.17) is 14.9 Å². The Kier molecular flexibility index (Phi) is 8.22. The molecule has 1 rings (SSSR count). The minimum atomic E-state index is -0.645. The van der Waals surface area contributed by atoms with Gasteiger partial charge < -0.3 is 20.1 Å². The van der Waals surface area contributed by atoms with Crippen LogP contribution in [0.2, 0.25) is 0 Å². The second-order valence-electron chi connectivity index (χ2n) is 4.68. The number of rotatable bonds is 10. The first kappa shape index (κ1) is 16.9. The van der Waals surface area contributed by atoms with E-state index in [2.05, 4.69) is 6.92 Å². The molecule has 0 heterocycles. The van der Waals surface area contributed by atoms with Crippen LogP contribution in [0.4, 0.5) is 0 Å². The summed E-state index contributed by atoms with van der Waals surface area (Å²) >= 11 is 0. The summed E-state index contributed by atoms with van der Waals surface area (Å²) in [6.07, 6.45) is 0.315. The predicted molar refractivity (Wildman–Crippen MR) is 77.8 cm³/mol. The Hall–Kier alpha value is -1.14. The zero-order valence-corrected chi connectivity index (χ0v) is 12.0. The van der Waals surface area contributed by atoms with Gasteiger partial charge in [0.05, 0.1) is 25.9 Å². The number of benzene rings is 1. The number of hydrogen-bond donors (Lipinski definition) is 3. The van der Waals surface area contributed by atoms with Gasteiger partial charge in [-0.15, -0.1) is 0 Å². The molecule has 0 saturated heterocycles. The van der Waals surface area contributed by atoms with Crippen LogP contribution in [-0.2, 0) is 0 Å². The van der Waals surface area contributed by atoms with Crippen molar-refractivity contribution in [2.75, 3.05) is 39.5 Å². The molecule has 3 N–H and O–H groups in total. The van der Waals surface area contributed by atoms with Crippen LogP contribution < -0.4 is 4.74 Å². The summed E-state index contributed by atoms with van der Waals surface area (Å²) < 4.78 is 5.49. The molecule has 114 valence electrons. The minimum Gasteiger partial charge on any atom is -0.494 e. The highest BCUT2D eigenvalue weighted by atomic mass is 16.5. The second-order valence-corrected chi connectivity index (χ2v) is 4.68. The Morgan fingerprint density at radius 1 is 1.10 bits per heavy atom. The number of aliphatic hydroxyl groups is 3. The first-order valence-electron chi connectivity index (χ1n) is 7.06. The molecule has 0 aliphatic rings. The first-order chi connectivity index (χ1) is 9.71. The monoisotopic (exact) mass is 283 g/mol. The molecule has 0 radical (unpaired) electrons. The van der Waals surface area contributed by atoms with Crippen molar-refractivity contribution >= 4 is 0 Å². The minimum absolute atomic E-state index is 0.0104. The molecular weight excluding hydrogens is 258 g/mol. The van der Waals surface area contributed by atoms with Crippen LogP contribution in [0.25, 0.3) is 0 Å². The molecule has 1 unspecified atom stereocenters. The van der Waals surface area contributed by atoms with Crippen molar-refractivity contribution in [3.63, 3.8) is 0 Å². The molecular formula is C15H25NO4. The third-order valence-electron chi connectivity index (χ3n) is 3.00. The summed E-state index contributed by atoms with van der Waals surface area (Å²) in [6.45, 7) is 4.02. The van der Waals surface area contributed by atoms with Crippen LogP contribution in [0.3, 0.4) is 0 Å². The van der Waals surface area contributed by atoms with Gasteiger partial charge in [-0.25, -0.2) is 0 Å². The molecule has 0 aromatic heterocycles. The van der Waals surface area contributed by atoms with E-state index in [1.165, 1.54) is 0 Å². The van der Waals surface area contributed by atoms with Gasteiger partial charge in [-0.3, -0.25) is 4.90 Å². The van der Waals surface area contributed by atoms with E-state index >= 15 is 0 Å². The zero-order valence-electron chi connectivity index (χ0n) is 12.0. The SMILES string of the molecule is CCCOc1ccc(C(O)CN(CCO)CCO)cc1. The predicted octanol–water partition coefficient (Wildman–Crippen LogP) is 0.795. The number of hydrogen-bond acceptors (Lipinski definition) is 5. The largest absolute Gasteiger partial charge is 0.494 e. The van der Waals surface area contributed by atoms with E-state index < -0.39 is 6.10 Å². The fourth-order valence-electron chi connectivity index (χ4n) is 1.93. The van der Waals surface area contributed by atoms with E-state index in [1.54, 1.807) is 0 Å². The fraction of sp³-hybridized carbons (Fsp3) is 0.600. The Morgan fingerprint density at radius 3 is 2.20 bits per heavy atom. The summed E-state index contributed by atoms with van der Waals surface area (Å²) in [5.41, 5.74) is 0.801.